The summed E-state index contributed by atoms with van der Waals surface area (Å²) in [6.07, 6.45) is -2.22. The largest absolute Gasteiger partial charge is 0.433 e. The number of hydrogen-bond donors (Lipinski definition) is 2. The first-order valence-corrected chi connectivity index (χ1v) is 5.96. The quantitative estimate of drug-likeness (QED) is 0.805. The van der Waals surface area contributed by atoms with E-state index in [1.807, 2.05) is 6.07 Å². The van der Waals surface area contributed by atoms with Gasteiger partial charge in [0.25, 0.3) is 0 Å². The van der Waals surface area contributed by atoms with Crippen LogP contribution in [0.3, 0.4) is 0 Å². The summed E-state index contributed by atoms with van der Waals surface area (Å²) in [5, 5.41) is 14.8. The van der Waals surface area contributed by atoms with Crippen LogP contribution in [0, 0.1) is 11.3 Å². The Morgan fingerprint density at radius 3 is 2.63 bits per heavy atom. The van der Waals surface area contributed by atoms with Gasteiger partial charge in [-0.1, -0.05) is 0 Å². The van der Waals surface area contributed by atoms with Crippen LogP contribution < -0.4 is 10.6 Å². The number of pyridine rings is 1. The Morgan fingerprint density at radius 1 is 1.32 bits per heavy atom. The molecule has 1 aromatic rings. The molecule has 1 aromatic heterocycles. The predicted molar refractivity (Wildman–Crippen MR) is 63.5 cm³/mol. The van der Waals surface area contributed by atoms with Gasteiger partial charge in [-0.2, -0.15) is 18.4 Å². The summed E-state index contributed by atoms with van der Waals surface area (Å²) in [4.78, 5) is 3.46. The van der Waals surface area contributed by atoms with Crippen molar-refractivity contribution < 1.29 is 13.2 Å². The second-order valence-corrected chi connectivity index (χ2v) is 4.36. The van der Waals surface area contributed by atoms with Crippen LogP contribution in [-0.2, 0) is 6.18 Å². The summed E-state index contributed by atoms with van der Waals surface area (Å²) < 4.78 is 37.6. The van der Waals surface area contributed by atoms with Gasteiger partial charge in [-0.3, -0.25) is 0 Å². The number of nitriles is 1. The van der Waals surface area contributed by atoms with Gasteiger partial charge in [0.1, 0.15) is 17.6 Å². The van der Waals surface area contributed by atoms with Crippen molar-refractivity contribution in [3.8, 4) is 6.07 Å². The molecular weight excluding hydrogens is 257 g/mol. The fraction of sp³-hybridized carbons (Fsp3) is 0.500. The molecule has 2 N–H and O–H groups in total. The summed E-state index contributed by atoms with van der Waals surface area (Å²) in [5.41, 5.74) is -0.886. The molecule has 1 heterocycles. The number of anilines is 1. The topological polar surface area (TPSA) is 60.7 Å². The number of nitrogens with one attached hydrogen (secondary N) is 2. The fourth-order valence-corrected chi connectivity index (χ4v) is 1.59. The first-order valence-electron chi connectivity index (χ1n) is 5.96. The molecule has 0 radical (unpaired) electrons. The lowest BCUT2D eigenvalue weighted by molar-refractivity contribution is -0.141. The summed E-state index contributed by atoms with van der Waals surface area (Å²) in [7, 11) is 0. The molecule has 7 heteroatoms. The van der Waals surface area contributed by atoms with Crippen LogP contribution in [0.2, 0.25) is 0 Å². The van der Waals surface area contributed by atoms with E-state index in [1.165, 1.54) is 0 Å². The molecule has 0 aromatic carbocycles. The zero-order chi connectivity index (χ0) is 13.9. The third-order valence-corrected chi connectivity index (χ3v) is 2.73. The van der Waals surface area contributed by atoms with Gasteiger partial charge >= 0.3 is 6.18 Å². The second-order valence-electron chi connectivity index (χ2n) is 4.36. The van der Waals surface area contributed by atoms with E-state index in [4.69, 9.17) is 5.26 Å². The molecular formula is C12H13F3N4. The van der Waals surface area contributed by atoms with Crippen molar-refractivity contribution in [1.82, 2.24) is 10.3 Å². The van der Waals surface area contributed by atoms with Crippen LogP contribution in [0.15, 0.2) is 12.1 Å². The van der Waals surface area contributed by atoms with Crippen molar-refractivity contribution in [2.45, 2.75) is 25.1 Å². The van der Waals surface area contributed by atoms with E-state index >= 15 is 0 Å². The SMILES string of the molecule is N#Cc1ccc(C(F)(F)F)nc1NCCNC1CC1. The number of hydrogen-bond acceptors (Lipinski definition) is 4. The van der Waals surface area contributed by atoms with E-state index in [0.29, 0.717) is 19.1 Å². The number of alkyl halides is 3. The lowest BCUT2D eigenvalue weighted by atomic mass is 10.2. The highest BCUT2D eigenvalue weighted by atomic mass is 19.4. The maximum atomic E-state index is 12.5. The van der Waals surface area contributed by atoms with Crippen molar-refractivity contribution in [3.05, 3.63) is 23.4 Å². The molecule has 0 amide bonds. The molecule has 0 aliphatic heterocycles. The lowest BCUT2D eigenvalue weighted by Gasteiger charge is -2.11. The second kappa shape index (κ2) is 5.45. The maximum absolute atomic E-state index is 12.5. The molecule has 1 aliphatic carbocycles. The van der Waals surface area contributed by atoms with E-state index in [-0.39, 0.29) is 11.4 Å². The molecule has 1 fully saturated rings. The van der Waals surface area contributed by atoms with Gasteiger partial charge < -0.3 is 10.6 Å². The molecule has 0 saturated heterocycles. The average Bonchev–Trinajstić information content (AvgIpc) is 3.17. The smallest absolute Gasteiger partial charge is 0.368 e. The molecule has 0 bridgehead atoms. The van der Waals surface area contributed by atoms with Crippen LogP contribution in [0.25, 0.3) is 0 Å². The minimum absolute atomic E-state index is 0.0186. The minimum Gasteiger partial charge on any atom is -0.368 e. The average molecular weight is 270 g/mol. The van der Waals surface area contributed by atoms with Crippen molar-refractivity contribution in [3.63, 3.8) is 0 Å². The third-order valence-electron chi connectivity index (χ3n) is 2.73. The normalized spacial score (nSPS) is 15.1. The molecule has 0 atom stereocenters. The van der Waals surface area contributed by atoms with Gasteiger partial charge in [0.15, 0.2) is 0 Å². The number of rotatable bonds is 5. The van der Waals surface area contributed by atoms with Crippen molar-refractivity contribution in [1.29, 1.82) is 5.26 Å². The van der Waals surface area contributed by atoms with Gasteiger partial charge in [0.2, 0.25) is 0 Å². The Balaban J connectivity index is 2.01. The van der Waals surface area contributed by atoms with Gasteiger partial charge in [-0.05, 0) is 25.0 Å². The van der Waals surface area contributed by atoms with Gasteiger partial charge in [-0.25, -0.2) is 4.98 Å². The third kappa shape index (κ3) is 3.83. The zero-order valence-electron chi connectivity index (χ0n) is 10.1. The molecule has 2 rings (SSSR count). The van der Waals surface area contributed by atoms with Crippen LogP contribution in [-0.4, -0.2) is 24.1 Å². The molecule has 1 aliphatic rings. The Hall–Kier alpha value is -1.81. The maximum Gasteiger partial charge on any atom is 0.433 e. The standard InChI is InChI=1S/C12H13F3N4/c13-12(14,15)10-4-1-8(7-16)11(19-10)18-6-5-17-9-2-3-9/h1,4,9,17H,2-3,5-6H2,(H,18,19). The van der Waals surface area contributed by atoms with E-state index in [1.54, 1.807) is 0 Å². The Labute approximate surface area is 108 Å². The number of nitrogens with zero attached hydrogens (tertiary/aromatic N) is 2. The Morgan fingerprint density at radius 2 is 2.05 bits per heavy atom. The minimum atomic E-state index is -4.50. The molecule has 0 unspecified atom stereocenters. The number of aromatic nitrogens is 1. The van der Waals surface area contributed by atoms with Crippen LogP contribution >= 0.6 is 0 Å². The highest BCUT2D eigenvalue weighted by Crippen LogP contribution is 2.29. The first-order chi connectivity index (χ1) is 9.00. The van der Waals surface area contributed by atoms with Gasteiger partial charge in [0.05, 0.1) is 5.56 Å². The summed E-state index contributed by atoms with van der Waals surface area (Å²) in [6.45, 7) is 1.06. The van der Waals surface area contributed by atoms with E-state index in [0.717, 1.165) is 25.0 Å². The number of halogens is 3. The molecule has 19 heavy (non-hydrogen) atoms. The van der Waals surface area contributed by atoms with Gasteiger partial charge in [0, 0.05) is 19.1 Å². The van der Waals surface area contributed by atoms with Crippen molar-refractivity contribution >= 4 is 5.82 Å². The monoisotopic (exact) mass is 270 g/mol. The Bertz CT molecular complexity index is 489. The Kier molecular flexibility index (Phi) is 3.90. The summed E-state index contributed by atoms with van der Waals surface area (Å²) in [5.74, 6) is -0.0186. The van der Waals surface area contributed by atoms with E-state index < -0.39 is 11.9 Å². The molecule has 102 valence electrons. The van der Waals surface area contributed by atoms with Crippen LogP contribution in [0.5, 0.6) is 0 Å². The molecule has 1 saturated carbocycles. The van der Waals surface area contributed by atoms with Crippen LogP contribution in [0.4, 0.5) is 19.0 Å². The molecule has 0 spiro atoms. The summed E-state index contributed by atoms with van der Waals surface area (Å²) >= 11 is 0. The first kappa shape index (κ1) is 13.6. The fourth-order valence-electron chi connectivity index (χ4n) is 1.59. The van der Waals surface area contributed by atoms with E-state index in [2.05, 4.69) is 15.6 Å². The van der Waals surface area contributed by atoms with Crippen molar-refractivity contribution in [2.24, 2.45) is 0 Å². The molecule has 4 nitrogen and oxygen atoms in total. The van der Waals surface area contributed by atoms with Crippen molar-refractivity contribution in [2.75, 3.05) is 18.4 Å². The highest BCUT2D eigenvalue weighted by Gasteiger charge is 2.33. The predicted octanol–water partition coefficient (Wildman–Crippen LogP) is 2.14. The highest BCUT2D eigenvalue weighted by molar-refractivity contribution is 5.52. The van der Waals surface area contributed by atoms with Crippen LogP contribution in [0.1, 0.15) is 24.1 Å². The lowest BCUT2D eigenvalue weighted by Crippen LogP contribution is -2.24. The zero-order valence-corrected chi connectivity index (χ0v) is 10.1. The summed E-state index contributed by atoms with van der Waals surface area (Å²) in [6, 6.07) is 4.30. The van der Waals surface area contributed by atoms with E-state index in [9.17, 15) is 13.2 Å². The van der Waals surface area contributed by atoms with Gasteiger partial charge in [-0.15, -0.1) is 0 Å².